The van der Waals surface area contributed by atoms with Crippen molar-refractivity contribution in [2.24, 2.45) is 31.9 Å². The molecule has 0 aliphatic heterocycles. The Morgan fingerprint density at radius 2 is 1.06 bits per heavy atom. The van der Waals surface area contributed by atoms with Crippen LogP contribution in [0.4, 0.5) is 8.78 Å². The molecule has 0 atom stereocenters. The minimum absolute atomic E-state index is 0.249. The Morgan fingerprint density at radius 3 is 1.42 bits per heavy atom. The summed E-state index contributed by atoms with van der Waals surface area (Å²) in [5.74, 6) is -0.740. The molecule has 2 aromatic rings. The van der Waals surface area contributed by atoms with Gasteiger partial charge in [0, 0.05) is 11.1 Å². The summed E-state index contributed by atoms with van der Waals surface area (Å²) in [6, 6.07) is 12.7. The van der Waals surface area contributed by atoms with Crippen molar-refractivity contribution in [1.29, 1.82) is 0 Å². The zero-order valence-corrected chi connectivity index (χ0v) is 20.3. The summed E-state index contributed by atoms with van der Waals surface area (Å²) in [6.07, 6.45) is -2.12. The third kappa shape index (κ3) is 7.92. The maximum absolute atomic E-state index is 13.8. The molecule has 0 unspecified atom stereocenters. The highest BCUT2D eigenvalue weighted by Crippen LogP contribution is 2.32. The largest absolute Gasteiger partial charge is 0.377 e. The van der Waals surface area contributed by atoms with Crippen LogP contribution in [0.5, 0.6) is 0 Å². The number of nitrogens with two attached hydrogens (primary N) is 2. The van der Waals surface area contributed by atoms with Crippen molar-refractivity contribution in [2.75, 3.05) is 0 Å². The lowest BCUT2D eigenvalue weighted by molar-refractivity contribution is 0.624. The third-order valence-corrected chi connectivity index (χ3v) is 11.1. The van der Waals surface area contributed by atoms with Crippen LogP contribution >= 0.6 is 22.4 Å². The molecule has 0 saturated carbocycles. The number of nitrogens with zero attached hydrogens (tertiary/aromatic N) is 4. The first-order valence-corrected chi connectivity index (χ1v) is 15.3. The molecule has 31 heavy (non-hydrogen) atoms. The van der Waals surface area contributed by atoms with E-state index >= 15 is 0 Å². The monoisotopic (exact) mass is 478 g/mol. The van der Waals surface area contributed by atoms with Crippen LogP contribution in [0.2, 0.25) is 13.1 Å². The van der Waals surface area contributed by atoms with E-state index in [1.807, 2.05) is 13.1 Å². The normalized spacial score (nSPS) is 14.1. The van der Waals surface area contributed by atoms with Gasteiger partial charge in [-0.15, -0.1) is 10.2 Å². The topological polar surface area (TPSA) is 101 Å². The van der Waals surface area contributed by atoms with Crippen molar-refractivity contribution in [2.45, 2.75) is 26.9 Å². The predicted octanol–water partition coefficient (Wildman–Crippen LogP) is 4.91. The van der Waals surface area contributed by atoms with E-state index in [2.05, 4.69) is 20.4 Å². The molecule has 0 aliphatic carbocycles. The molecule has 0 heterocycles. The molecule has 6 nitrogen and oxygen atoms in total. The number of benzene rings is 2. The third-order valence-electron chi connectivity index (χ3n) is 3.83. The molecule has 4 N–H and O–H groups in total. The Labute approximate surface area is 189 Å². The summed E-state index contributed by atoms with van der Waals surface area (Å²) in [7, 11) is 0. The van der Waals surface area contributed by atoms with E-state index in [0.29, 0.717) is 22.6 Å². The number of halogens is 2. The average molecular weight is 479 g/mol. The van der Waals surface area contributed by atoms with Gasteiger partial charge in [0.05, 0.1) is 11.4 Å². The second-order valence-corrected chi connectivity index (χ2v) is 19.0. The summed E-state index contributed by atoms with van der Waals surface area (Å²) in [6.45, 7) is 7.37. The second kappa shape index (κ2) is 11.2. The SMILES string of the molecule is C/C(=N\N=C(/N)S[Si](C)(C)S/C(N)=N/N=C(\C)c1ccccc1F)c1ccccc1F. The van der Waals surface area contributed by atoms with E-state index in [1.54, 1.807) is 50.2 Å². The first kappa shape index (κ1) is 24.8. The number of amidine groups is 2. The zero-order valence-electron chi connectivity index (χ0n) is 17.6. The van der Waals surface area contributed by atoms with Crippen molar-refractivity contribution in [3.63, 3.8) is 0 Å². The molecule has 0 spiro atoms. The number of hydrogen-bond acceptors (Lipinski definition) is 6. The summed E-state index contributed by atoms with van der Waals surface area (Å²) in [5.41, 5.74) is 13.6. The van der Waals surface area contributed by atoms with Gasteiger partial charge < -0.3 is 11.5 Å². The maximum Gasteiger partial charge on any atom is 0.190 e. The van der Waals surface area contributed by atoms with Gasteiger partial charge in [0.15, 0.2) is 16.7 Å². The first-order chi connectivity index (χ1) is 14.6. The standard InChI is InChI=1S/C20H24F2N6S2Si/c1-13(15-9-5-7-11-17(15)21)25-27-19(23)29-31(3,4)30-20(24)28-26-14(2)16-10-6-8-12-18(16)22/h5-12H,1-4H3,(H2,23,27)(H2,24,28)/b25-13+,26-14+. The molecule has 0 fully saturated rings. The molecule has 0 amide bonds. The van der Waals surface area contributed by atoms with E-state index in [4.69, 9.17) is 11.5 Å². The summed E-state index contributed by atoms with van der Waals surface area (Å²) in [4.78, 5) is 0. The summed E-state index contributed by atoms with van der Waals surface area (Å²) in [5, 5.41) is 16.6. The number of rotatable bonds is 6. The Balaban J connectivity index is 2.04. The molecule has 2 rings (SSSR count). The van der Waals surface area contributed by atoms with Crippen molar-refractivity contribution in [3.05, 3.63) is 71.3 Å². The van der Waals surface area contributed by atoms with Crippen LogP contribution in [-0.4, -0.2) is 28.1 Å². The molecule has 11 heteroatoms. The van der Waals surface area contributed by atoms with Crippen LogP contribution in [0.15, 0.2) is 68.9 Å². The van der Waals surface area contributed by atoms with Crippen LogP contribution < -0.4 is 11.5 Å². The smallest absolute Gasteiger partial charge is 0.190 e. The quantitative estimate of drug-likeness (QED) is 0.266. The minimum Gasteiger partial charge on any atom is -0.377 e. The fourth-order valence-corrected chi connectivity index (χ4v) is 8.95. The van der Waals surface area contributed by atoms with E-state index in [1.165, 1.54) is 34.6 Å². The molecular weight excluding hydrogens is 454 g/mol. The Kier molecular flexibility index (Phi) is 8.96. The van der Waals surface area contributed by atoms with Gasteiger partial charge in [-0.1, -0.05) is 71.9 Å². The van der Waals surface area contributed by atoms with Crippen LogP contribution in [0.25, 0.3) is 0 Å². The summed E-state index contributed by atoms with van der Waals surface area (Å²) < 4.78 is 27.6. The van der Waals surface area contributed by atoms with Gasteiger partial charge >= 0.3 is 0 Å². The second-order valence-electron chi connectivity index (χ2n) is 6.81. The van der Waals surface area contributed by atoms with E-state index in [-0.39, 0.29) is 22.0 Å². The van der Waals surface area contributed by atoms with Crippen LogP contribution in [-0.2, 0) is 0 Å². The Bertz CT molecular complexity index is 972. The summed E-state index contributed by atoms with van der Waals surface area (Å²) >= 11 is 2.73. The van der Waals surface area contributed by atoms with Gasteiger partial charge in [-0.2, -0.15) is 10.2 Å². The van der Waals surface area contributed by atoms with Gasteiger partial charge in [-0.25, -0.2) is 8.78 Å². The van der Waals surface area contributed by atoms with E-state index in [9.17, 15) is 8.78 Å². The van der Waals surface area contributed by atoms with Crippen LogP contribution in [0, 0.1) is 11.6 Å². The minimum atomic E-state index is -2.12. The van der Waals surface area contributed by atoms with Gasteiger partial charge in [0.25, 0.3) is 0 Å². The highest BCUT2D eigenvalue weighted by atomic mass is 32.6. The fraction of sp³-hybridized carbons (Fsp3) is 0.200. The van der Waals surface area contributed by atoms with Crippen molar-refractivity contribution >= 4 is 50.6 Å². The molecule has 0 radical (unpaired) electrons. The molecular formula is C20H24F2N6S2Si. The predicted molar refractivity (Wildman–Crippen MR) is 133 cm³/mol. The van der Waals surface area contributed by atoms with Gasteiger partial charge in [0.1, 0.15) is 11.6 Å². The molecule has 0 bridgehead atoms. The van der Waals surface area contributed by atoms with E-state index in [0.717, 1.165) is 0 Å². The zero-order chi connectivity index (χ0) is 23.0. The maximum atomic E-state index is 13.8. The van der Waals surface area contributed by atoms with Gasteiger partial charge in [-0.3, -0.25) is 0 Å². The lowest BCUT2D eigenvalue weighted by Gasteiger charge is -2.18. The molecule has 0 saturated heterocycles. The number of hydrogen-bond donors (Lipinski definition) is 2. The van der Waals surface area contributed by atoms with E-state index < -0.39 is 6.37 Å². The highest BCUT2D eigenvalue weighted by molar-refractivity contribution is 8.66. The lowest BCUT2D eigenvalue weighted by atomic mass is 10.1. The van der Waals surface area contributed by atoms with Crippen molar-refractivity contribution in [1.82, 2.24) is 0 Å². The van der Waals surface area contributed by atoms with Crippen molar-refractivity contribution < 1.29 is 8.78 Å². The molecule has 0 aromatic heterocycles. The van der Waals surface area contributed by atoms with Crippen molar-refractivity contribution in [3.8, 4) is 0 Å². The highest BCUT2D eigenvalue weighted by Gasteiger charge is 2.27. The molecule has 0 aliphatic rings. The lowest BCUT2D eigenvalue weighted by Crippen LogP contribution is -2.27. The van der Waals surface area contributed by atoms with Crippen LogP contribution in [0.1, 0.15) is 25.0 Å². The Morgan fingerprint density at radius 1 is 0.710 bits per heavy atom. The molecule has 2 aromatic carbocycles. The average Bonchev–Trinajstić information content (AvgIpc) is 2.70. The fourth-order valence-electron chi connectivity index (χ4n) is 2.43. The molecule has 164 valence electrons. The first-order valence-electron chi connectivity index (χ1n) is 9.22. The van der Waals surface area contributed by atoms with Gasteiger partial charge in [0.2, 0.25) is 0 Å². The Hall–Kier alpha value is -2.50. The van der Waals surface area contributed by atoms with Gasteiger partial charge in [-0.05, 0) is 26.0 Å². The van der Waals surface area contributed by atoms with Crippen LogP contribution in [0.3, 0.4) is 0 Å².